The van der Waals surface area contributed by atoms with Crippen LogP contribution in [0.2, 0.25) is 0 Å². The molecule has 1 aromatic rings. The van der Waals surface area contributed by atoms with Gasteiger partial charge in [0.15, 0.2) is 0 Å². The molecule has 0 saturated carbocycles. The Morgan fingerprint density at radius 2 is 1.86 bits per heavy atom. The van der Waals surface area contributed by atoms with Crippen molar-refractivity contribution in [3.05, 3.63) is 64.8 Å². The molecule has 11 heteroatoms. The van der Waals surface area contributed by atoms with Crippen LogP contribution in [0.1, 0.15) is 84.8 Å². The minimum Gasteiger partial charge on any atom is -0.343 e. The van der Waals surface area contributed by atoms with Crippen molar-refractivity contribution in [2.45, 2.75) is 92.9 Å². The molecule has 1 aromatic heterocycles. The van der Waals surface area contributed by atoms with Crippen molar-refractivity contribution in [3.8, 4) is 0 Å². The molecule has 0 fully saturated rings. The average molecular weight is 646 g/mol. The van der Waals surface area contributed by atoms with E-state index in [-0.39, 0.29) is 23.6 Å². The predicted molar refractivity (Wildman–Crippen MR) is 175 cm³/mol. The van der Waals surface area contributed by atoms with Gasteiger partial charge in [-0.25, -0.2) is 27.2 Å². The first kappa shape index (κ1) is 41.3. The Morgan fingerprint density at radius 1 is 1.23 bits per heavy atom. The summed E-state index contributed by atoms with van der Waals surface area (Å²) < 4.78 is 49.8. The number of carbonyl (C=O) groups excluding carboxylic acids is 1. The molecule has 250 valence electrons. The number of carbonyl (C=O) groups is 1. The van der Waals surface area contributed by atoms with Crippen LogP contribution in [0.4, 0.5) is 17.6 Å². The van der Waals surface area contributed by atoms with Gasteiger partial charge in [-0.2, -0.15) is 5.10 Å². The molecule has 0 aromatic carbocycles. The number of amides is 1. The quantitative estimate of drug-likeness (QED) is 0.125. The highest BCUT2D eigenvalue weighted by Gasteiger charge is 2.24. The number of halogens is 5. The number of rotatable bonds is 14. The second-order valence-electron chi connectivity index (χ2n) is 10.7. The largest absolute Gasteiger partial charge is 0.343 e. The molecule has 0 radical (unpaired) electrons. The zero-order chi connectivity index (χ0) is 33.7. The minimum atomic E-state index is -2.17. The maximum Gasteiger partial charge on any atom is 0.235 e. The van der Waals surface area contributed by atoms with E-state index in [0.29, 0.717) is 38.2 Å². The first-order chi connectivity index (χ1) is 20.8. The Labute approximate surface area is 267 Å². The van der Waals surface area contributed by atoms with Crippen LogP contribution in [-0.4, -0.2) is 59.2 Å². The molecule has 0 saturated heterocycles. The van der Waals surface area contributed by atoms with Crippen LogP contribution in [0.3, 0.4) is 0 Å². The normalized spacial score (nSPS) is 16.1. The summed E-state index contributed by atoms with van der Waals surface area (Å²) in [7, 11) is 3.75. The molecule has 2 atom stereocenters. The summed E-state index contributed by atoms with van der Waals surface area (Å²) in [6.07, 6.45) is 10.9. The summed E-state index contributed by atoms with van der Waals surface area (Å²) in [6, 6.07) is 0. The number of alkyl halides is 2. The number of nitrogens with zero attached hydrogens (tertiary/aromatic N) is 4. The minimum absolute atomic E-state index is 0.115. The Balaban J connectivity index is 0.00000239. The lowest BCUT2D eigenvalue weighted by Gasteiger charge is -2.24. The van der Waals surface area contributed by atoms with Gasteiger partial charge in [0, 0.05) is 43.5 Å². The van der Waals surface area contributed by atoms with Crippen molar-refractivity contribution < 1.29 is 22.4 Å². The second kappa shape index (κ2) is 23.6. The Hall–Kier alpha value is -2.72. The fourth-order valence-electron chi connectivity index (χ4n) is 4.59. The first-order valence-electron chi connectivity index (χ1n) is 15.3. The zero-order valence-corrected chi connectivity index (χ0v) is 28.4. The standard InChI is InChI=1S/C29H41ClF2N4O.C2H4F2.C2H7N/c1-6-11-25(18-21(3)20-30)36-28(33-23(5)34-36)13-10-17-35(7-2)29(37)14-9-8-12-22(4)26-16-15-24(31)19-27(26)32;1-2(3)4;1-3-2/h6,11,15,18-20,22,26H,7-10,12-14,16-17H2,1-5H3;2H,1H3;3H,1-2H3/b11-6-,21-20+,25-18+;;. The summed E-state index contributed by atoms with van der Waals surface area (Å²) in [5, 5.41) is 7.31. The number of hydrogen-bond acceptors (Lipinski definition) is 4. The summed E-state index contributed by atoms with van der Waals surface area (Å²) in [5.41, 5.74) is 3.33. The zero-order valence-electron chi connectivity index (χ0n) is 27.6. The molecule has 6 nitrogen and oxygen atoms in total. The maximum atomic E-state index is 14.1. The lowest BCUT2D eigenvalue weighted by Crippen LogP contribution is -2.32. The van der Waals surface area contributed by atoms with Crippen molar-refractivity contribution >= 4 is 23.2 Å². The van der Waals surface area contributed by atoms with Crippen molar-refractivity contribution in [2.75, 3.05) is 27.2 Å². The van der Waals surface area contributed by atoms with Crippen molar-refractivity contribution in [3.63, 3.8) is 0 Å². The molecule has 1 aliphatic rings. The number of unbranched alkanes of at least 4 members (excludes halogenated alkanes) is 1. The third kappa shape index (κ3) is 16.9. The van der Waals surface area contributed by atoms with E-state index in [1.165, 1.54) is 11.6 Å². The maximum absolute atomic E-state index is 14.1. The van der Waals surface area contributed by atoms with Crippen LogP contribution in [0, 0.1) is 18.8 Å². The average Bonchev–Trinajstić information content (AvgIpc) is 3.33. The van der Waals surface area contributed by atoms with E-state index in [1.54, 1.807) is 0 Å². The van der Waals surface area contributed by atoms with Gasteiger partial charge < -0.3 is 10.2 Å². The molecular weight excluding hydrogens is 594 g/mol. The number of aromatic nitrogens is 3. The van der Waals surface area contributed by atoms with Crippen LogP contribution in [0.15, 0.2) is 53.1 Å². The Bertz CT molecular complexity index is 1120. The number of hydrogen-bond donors (Lipinski definition) is 1. The lowest BCUT2D eigenvalue weighted by molar-refractivity contribution is -0.131. The highest BCUT2D eigenvalue weighted by Crippen LogP contribution is 2.34. The Morgan fingerprint density at radius 3 is 2.41 bits per heavy atom. The van der Waals surface area contributed by atoms with Gasteiger partial charge in [0.25, 0.3) is 0 Å². The third-order valence-corrected chi connectivity index (χ3v) is 7.00. The van der Waals surface area contributed by atoms with Crippen molar-refractivity contribution in [1.82, 2.24) is 25.0 Å². The molecule has 1 amide bonds. The molecule has 1 N–H and O–H groups in total. The van der Waals surface area contributed by atoms with Gasteiger partial charge in [-0.3, -0.25) is 4.79 Å². The fraction of sp³-hybridized carbons (Fsp3) is 0.606. The van der Waals surface area contributed by atoms with E-state index >= 15 is 0 Å². The first-order valence-corrected chi connectivity index (χ1v) is 15.7. The van der Waals surface area contributed by atoms with E-state index in [0.717, 1.165) is 55.8 Å². The lowest BCUT2D eigenvalue weighted by atomic mass is 9.84. The predicted octanol–water partition coefficient (Wildman–Crippen LogP) is 8.96. The third-order valence-electron chi connectivity index (χ3n) is 6.66. The number of allylic oxidation sites excluding steroid dienone is 9. The van der Waals surface area contributed by atoms with Crippen LogP contribution < -0.4 is 5.32 Å². The van der Waals surface area contributed by atoms with Crippen LogP contribution >= 0.6 is 11.6 Å². The second-order valence-corrected chi connectivity index (χ2v) is 10.9. The summed E-state index contributed by atoms with van der Waals surface area (Å²) in [5.74, 6) is 0.676. The van der Waals surface area contributed by atoms with Gasteiger partial charge in [-0.1, -0.05) is 37.4 Å². The van der Waals surface area contributed by atoms with Crippen molar-refractivity contribution in [1.29, 1.82) is 0 Å². The summed E-state index contributed by atoms with van der Waals surface area (Å²) >= 11 is 5.85. The SMILES string of the molecule is CC(F)F.CNC.C\C=C/C(=C\C(C)=C\Cl)n1nc(C)nc1CCCN(CC)C(=O)CCCCC(C)C1CC=C(F)C=C1F. The van der Waals surface area contributed by atoms with E-state index in [2.05, 4.69) is 15.4 Å². The van der Waals surface area contributed by atoms with Crippen LogP contribution in [0.25, 0.3) is 5.70 Å². The monoisotopic (exact) mass is 645 g/mol. The Kier molecular flexibility index (Phi) is 22.2. The van der Waals surface area contributed by atoms with E-state index in [4.69, 9.17) is 11.6 Å². The van der Waals surface area contributed by atoms with Crippen LogP contribution in [0.5, 0.6) is 0 Å². The van der Waals surface area contributed by atoms with Crippen LogP contribution in [-0.2, 0) is 11.2 Å². The highest BCUT2D eigenvalue weighted by atomic mass is 35.5. The summed E-state index contributed by atoms with van der Waals surface area (Å²) in [4.78, 5) is 19.3. The molecule has 1 aliphatic carbocycles. The molecular formula is C33H52ClF4N5O. The fourth-order valence-corrected chi connectivity index (χ4v) is 4.65. The number of aryl methyl sites for hydroxylation is 2. The van der Waals surface area contributed by atoms with Gasteiger partial charge in [-0.05, 0) is 97.7 Å². The molecule has 0 aliphatic heterocycles. The van der Waals surface area contributed by atoms with Gasteiger partial charge in [0.2, 0.25) is 12.3 Å². The van der Waals surface area contributed by atoms with E-state index < -0.39 is 12.3 Å². The van der Waals surface area contributed by atoms with Crippen molar-refractivity contribution in [2.24, 2.45) is 11.8 Å². The van der Waals surface area contributed by atoms with E-state index in [9.17, 15) is 22.4 Å². The van der Waals surface area contributed by atoms with Gasteiger partial charge in [0.05, 0.1) is 5.70 Å². The molecule has 0 spiro atoms. The summed E-state index contributed by atoms with van der Waals surface area (Å²) in [6.45, 7) is 11.9. The smallest absolute Gasteiger partial charge is 0.235 e. The molecule has 0 bridgehead atoms. The molecule has 2 rings (SSSR count). The topological polar surface area (TPSA) is 63.1 Å². The van der Waals surface area contributed by atoms with E-state index in [1.807, 2.05) is 76.5 Å². The highest BCUT2D eigenvalue weighted by molar-refractivity contribution is 6.25. The molecule has 1 heterocycles. The number of nitrogens with one attached hydrogen (secondary N) is 1. The van der Waals surface area contributed by atoms with Gasteiger partial charge in [-0.15, -0.1) is 0 Å². The van der Waals surface area contributed by atoms with Gasteiger partial charge in [0.1, 0.15) is 23.3 Å². The molecule has 2 unspecified atom stereocenters. The molecule has 44 heavy (non-hydrogen) atoms. The van der Waals surface area contributed by atoms with Gasteiger partial charge >= 0.3 is 0 Å².